The van der Waals surface area contributed by atoms with E-state index < -0.39 is 18.3 Å². The average molecular weight is 373 g/mol. The molecular formula is C23H32O4. The maximum Gasteiger partial charge on any atom is 0.120 e. The van der Waals surface area contributed by atoms with Crippen LogP contribution >= 0.6 is 0 Å². The van der Waals surface area contributed by atoms with Crippen LogP contribution in [0.1, 0.15) is 44.1 Å². The fourth-order valence-corrected chi connectivity index (χ4v) is 3.71. The van der Waals surface area contributed by atoms with E-state index in [9.17, 15) is 20.1 Å². The molecular weight excluding hydrogens is 340 g/mol. The maximum atomic E-state index is 10.3. The van der Waals surface area contributed by atoms with Crippen LogP contribution in [0.5, 0.6) is 0 Å². The zero-order chi connectivity index (χ0) is 19.5. The van der Waals surface area contributed by atoms with Gasteiger partial charge in [0.15, 0.2) is 0 Å². The highest BCUT2D eigenvalue weighted by molar-refractivity contribution is 5.49. The second kappa shape index (κ2) is 11.9. The maximum absolute atomic E-state index is 10.3. The number of carbonyl (C=O) groups excluding carboxylic acids is 1. The molecule has 0 radical (unpaired) electrons. The second-order valence-electron chi connectivity index (χ2n) is 7.39. The van der Waals surface area contributed by atoms with E-state index in [1.54, 1.807) is 6.08 Å². The van der Waals surface area contributed by atoms with Crippen molar-refractivity contribution in [2.24, 2.45) is 11.8 Å². The summed E-state index contributed by atoms with van der Waals surface area (Å²) < 4.78 is 0. The van der Waals surface area contributed by atoms with Gasteiger partial charge in [-0.1, -0.05) is 54.6 Å². The number of benzene rings is 1. The lowest BCUT2D eigenvalue weighted by atomic mass is 9.89. The highest BCUT2D eigenvalue weighted by Crippen LogP contribution is 2.36. The van der Waals surface area contributed by atoms with Crippen molar-refractivity contribution in [2.75, 3.05) is 0 Å². The summed E-state index contributed by atoms with van der Waals surface area (Å²) in [5, 5.41) is 30.8. The van der Waals surface area contributed by atoms with Gasteiger partial charge in [0.05, 0.1) is 18.3 Å². The summed E-state index contributed by atoms with van der Waals surface area (Å²) in [7, 11) is 0. The fraction of sp³-hybridized carbons (Fsp3) is 0.522. The van der Waals surface area contributed by atoms with Crippen LogP contribution in [-0.2, 0) is 11.2 Å². The van der Waals surface area contributed by atoms with Crippen molar-refractivity contribution in [3.8, 4) is 0 Å². The number of hydrogen-bond acceptors (Lipinski definition) is 4. The van der Waals surface area contributed by atoms with Gasteiger partial charge in [0.25, 0.3) is 0 Å². The Kier molecular flexibility index (Phi) is 9.46. The molecule has 2 rings (SSSR count). The van der Waals surface area contributed by atoms with Gasteiger partial charge in [0.1, 0.15) is 6.29 Å². The Morgan fingerprint density at radius 3 is 2.59 bits per heavy atom. The van der Waals surface area contributed by atoms with Crippen molar-refractivity contribution in [1.29, 1.82) is 0 Å². The van der Waals surface area contributed by atoms with Crippen LogP contribution in [0.25, 0.3) is 0 Å². The van der Waals surface area contributed by atoms with E-state index in [4.69, 9.17) is 0 Å². The molecule has 0 saturated heterocycles. The zero-order valence-electron chi connectivity index (χ0n) is 15.9. The number of unbranched alkanes of at least 4 members (excludes halogenated alkanes) is 2. The topological polar surface area (TPSA) is 77.8 Å². The van der Waals surface area contributed by atoms with E-state index in [2.05, 4.69) is 0 Å². The van der Waals surface area contributed by atoms with E-state index in [0.29, 0.717) is 25.7 Å². The van der Waals surface area contributed by atoms with Crippen molar-refractivity contribution < 1.29 is 20.1 Å². The van der Waals surface area contributed by atoms with Gasteiger partial charge in [0.2, 0.25) is 0 Å². The first-order valence-electron chi connectivity index (χ1n) is 9.97. The molecule has 0 unspecified atom stereocenters. The Hall–Kier alpha value is -1.75. The number of aryl methyl sites for hydroxylation is 1. The summed E-state index contributed by atoms with van der Waals surface area (Å²) in [6.45, 7) is 0. The third kappa shape index (κ3) is 7.41. The third-order valence-corrected chi connectivity index (χ3v) is 5.31. The van der Waals surface area contributed by atoms with Gasteiger partial charge in [-0.15, -0.1) is 0 Å². The molecule has 4 heteroatoms. The summed E-state index contributed by atoms with van der Waals surface area (Å²) in [5.74, 6) is -0.189. The molecule has 148 valence electrons. The molecule has 5 atom stereocenters. The number of aliphatic hydroxyl groups excluding tert-OH is 3. The van der Waals surface area contributed by atoms with Gasteiger partial charge < -0.3 is 20.1 Å². The normalized spacial score (nSPS) is 26.8. The molecule has 1 aromatic carbocycles. The first-order valence-corrected chi connectivity index (χ1v) is 9.97. The van der Waals surface area contributed by atoms with Crippen molar-refractivity contribution >= 4 is 6.29 Å². The SMILES string of the molecule is O=CCCC/C=C\C[C@@H]1[C@@H](C=C[C@@H](O)CCc2ccccc2)[C@H](O)C[C@@H]1O. The first kappa shape index (κ1) is 21.5. The van der Waals surface area contributed by atoms with Crippen molar-refractivity contribution in [3.63, 3.8) is 0 Å². The molecule has 1 aromatic rings. The molecule has 0 bridgehead atoms. The smallest absolute Gasteiger partial charge is 0.120 e. The van der Waals surface area contributed by atoms with E-state index in [1.165, 1.54) is 5.56 Å². The Morgan fingerprint density at radius 1 is 1.07 bits per heavy atom. The number of aldehydes is 1. The van der Waals surface area contributed by atoms with Crippen molar-refractivity contribution in [3.05, 3.63) is 60.2 Å². The van der Waals surface area contributed by atoms with Crippen LogP contribution in [0.3, 0.4) is 0 Å². The molecule has 0 spiro atoms. The lowest BCUT2D eigenvalue weighted by Crippen LogP contribution is -2.20. The summed E-state index contributed by atoms with van der Waals surface area (Å²) in [4.78, 5) is 10.3. The Balaban J connectivity index is 1.83. The van der Waals surface area contributed by atoms with Gasteiger partial charge in [0, 0.05) is 18.8 Å². The van der Waals surface area contributed by atoms with Gasteiger partial charge >= 0.3 is 0 Å². The van der Waals surface area contributed by atoms with Gasteiger partial charge in [-0.3, -0.25) is 0 Å². The van der Waals surface area contributed by atoms with Crippen LogP contribution in [0, 0.1) is 11.8 Å². The lowest BCUT2D eigenvalue weighted by Gasteiger charge is -2.19. The Morgan fingerprint density at radius 2 is 1.85 bits per heavy atom. The van der Waals surface area contributed by atoms with Crippen LogP contribution in [0.15, 0.2) is 54.6 Å². The monoisotopic (exact) mass is 372 g/mol. The van der Waals surface area contributed by atoms with Crippen LogP contribution < -0.4 is 0 Å². The number of allylic oxidation sites excluding steroid dienone is 2. The molecule has 1 fully saturated rings. The third-order valence-electron chi connectivity index (χ3n) is 5.31. The quantitative estimate of drug-likeness (QED) is 0.317. The van der Waals surface area contributed by atoms with Crippen LogP contribution in [-0.4, -0.2) is 39.9 Å². The fourth-order valence-electron chi connectivity index (χ4n) is 3.71. The molecule has 1 aliphatic carbocycles. The Labute approximate surface area is 162 Å². The zero-order valence-corrected chi connectivity index (χ0v) is 15.9. The minimum Gasteiger partial charge on any atom is -0.393 e. The number of rotatable bonds is 11. The number of carbonyl (C=O) groups is 1. The van der Waals surface area contributed by atoms with Crippen LogP contribution in [0.2, 0.25) is 0 Å². The predicted octanol–water partition coefficient (Wildman–Crippen LogP) is 3.21. The van der Waals surface area contributed by atoms with Crippen molar-refractivity contribution in [2.45, 2.75) is 63.3 Å². The van der Waals surface area contributed by atoms with Crippen molar-refractivity contribution in [1.82, 2.24) is 0 Å². The molecule has 0 heterocycles. The first-order chi connectivity index (χ1) is 13.1. The second-order valence-corrected chi connectivity index (χ2v) is 7.39. The molecule has 1 aliphatic rings. The molecule has 4 nitrogen and oxygen atoms in total. The highest BCUT2D eigenvalue weighted by Gasteiger charge is 2.39. The standard InChI is InChI=1S/C23H32O4/c24-16-8-3-1-2-7-11-20-21(23(27)17-22(20)26)15-14-19(25)13-12-18-9-5-4-6-10-18/h2,4-7,9-10,14-16,19-23,25-27H,1,3,8,11-13,17H2/b7-2-,15-14?/t19-,20+,21+,22-,23+/m0/s1. The van der Waals surface area contributed by atoms with Crippen LogP contribution in [0.4, 0.5) is 0 Å². The predicted molar refractivity (Wildman–Crippen MR) is 107 cm³/mol. The van der Waals surface area contributed by atoms with E-state index in [1.807, 2.05) is 48.6 Å². The molecule has 0 amide bonds. The highest BCUT2D eigenvalue weighted by atomic mass is 16.3. The van der Waals surface area contributed by atoms with Gasteiger partial charge in [-0.2, -0.15) is 0 Å². The largest absolute Gasteiger partial charge is 0.393 e. The molecule has 3 N–H and O–H groups in total. The molecule has 1 saturated carbocycles. The summed E-state index contributed by atoms with van der Waals surface area (Å²) in [5.41, 5.74) is 1.19. The molecule has 0 aliphatic heterocycles. The minimum absolute atomic E-state index is 0.0418. The average Bonchev–Trinajstić information content (AvgIpc) is 2.94. The van der Waals surface area contributed by atoms with E-state index >= 15 is 0 Å². The number of hydrogen-bond donors (Lipinski definition) is 3. The van der Waals surface area contributed by atoms with Gasteiger partial charge in [-0.25, -0.2) is 0 Å². The van der Waals surface area contributed by atoms with E-state index in [0.717, 1.165) is 25.5 Å². The number of aliphatic hydroxyl groups is 3. The molecule has 27 heavy (non-hydrogen) atoms. The minimum atomic E-state index is -0.578. The summed E-state index contributed by atoms with van der Waals surface area (Å²) in [6.07, 6.45) is 11.7. The summed E-state index contributed by atoms with van der Waals surface area (Å²) in [6, 6.07) is 10.1. The lowest BCUT2D eigenvalue weighted by molar-refractivity contribution is -0.107. The summed E-state index contributed by atoms with van der Waals surface area (Å²) >= 11 is 0. The van der Waals surface area contributed by atoms with Gasteiger partial charge in [-0.05, 0) is 43.6 Å². The molecule has 0 aromatic heterocycles. The van der Waals surface area contributed by atoms with E-state index in [-0.39, 0.29) is 11.8 Å². The Bertz CT molecular complexity index is 596.